The molecule has 1 aliphatic rings. The van der Waals surface area contributed by atoms with Gasteiger partial charge in [-0.1, -0.05) is 37.3 Å². The lowest BCUT2D eigenvalue weighted by Crippen LogP contribution is -2.24. The number of carbonyl (C=O) groups excluding carboxylic acids is 1. The molecule has 1 heterocycles. The molecule has 0 aliphatic carbocycles. The number of sulfone groups is 1. The number of hydrogen-bond acceptors (Lipinski definition) is 4. The first-order chi connectivity index (χ1) is 8.96. The van der Waals surface area contributed by atoms with Crippen LogP contribution >= 0.6 is 0 Å². The van der Waals surface area contributed by atoms with Crippen LogP contribution in [0.5, 0.6) is 0 Å². The minimum absolute atomic E-state index is 0.0365. The lowest BCUT2D eigenvalue weighted by molar-refractivity contribution is -0.149. The first-order valence-corrected chi connectivity index (χ1v) is 8.22. The molecule has 0 saturated carbocycles. The maximum Gasteiger partial charge on any atom is 0.306 e. The van der Waals surface area contributed by atoms with E-state index in [0.717, 1.165) is 5.56 Å². The summed E-state index contributed by atoms with van der Waals surface area (Å²) in [5.41, 5.74) is 1.08. The summed E-state index contributed by atoms with van der Waals surface area (Å²) in [6, 6.07) is 9.68. The van der Waals surface area contributed by atoms with Crippen LogP contribution in [0.15, 0.2) is 30.3 Å². The summed E-state index contributed by atoms with van der Waals surface area (Å²) in [4.78, 5) is 11.7. The van der Waals surface area contributed by atoms with E-state index in [1.807, 2.05) is 30.3 Å². The summed E-state index contributed by atoms with van der Waals surface area (Å²) in [6.45, 7) is 1.81. The monoisotopic (exact) mass is 282 g/mol. The lowest BCUT2D eigenvalue weighted by Gasteiger charge is -2.14. The Morgan fingerprint density at radius 1 is 1.26 bits per heavy atom. The number of rotatable bonds is 4. The van der Waals surface area contributed by atoms with Gasteiger partial charge in [0.2, 0.25) is 0 Å². The Balaban J connectivity index is 1.82. The Bertz CT molecular complexity index is 536. The summed E-state index contributed by atoms with van der Waals surface area (Å²) in [6.07, 6.45) is 0.425. The van der Waals surface area contributed by atoms with Crippen molar-refractivity contribution in [2.75, 3.05) is 11.5 Å². The second kappa shape index (κ2) is 5.74. The Morgan fingerprint density at radius 3 is 2.53 bits per heavy atom. The molecule has 1 saturated heterocycles. The van der Waals surface area contributed by atoms with Crippen LogP contribution in [0.25, 0.3) is 0 Å². The number of hydrogen-bond donors (Lipinski definition) is 0. The van der Waals surface area contributed by atoms with E-state index in [1.165, 1.54) is 0 Å². The number of carbonyl (C=O) groups is 1. The number of ether oxygens (including phenoxy) is 1. The zero-order valence-electron chi connectivity index (χ0n) is 10.9. The van der Waals surface area contributed by atoms with Crippen molar-refractivity contribution in [3.05, 3.63) is 35.9 Å². The Kier molecular flexibility index (Phi) is 4.24. The third-order valence-electron chi connectivity index (χ3n) is 3.31. The van der Waals surface area contributed by atoms with Crippen molar-refractivity contribution in [3.63, 3.8) is 0 Å². The minimum Gasteiger partial charge on any atom is -0.461 e. The van der Waals surface area contributed by atoms with Crippen molar-refractivity contribution < 1.29 is 17.9 Å². The van der Waals surface area contributed by atoms with Gasteiger partial charge >= 0.3 is 5.97 Å². The Morgan fingerprint density at radius 2 is 1.95 bits per heavy atom. The van der Waals surface area contributed by atoms with Gasteiger partial charge in [-0.15, -0.1) is 0 Å². The normalized spacial score (nSPS) is 25.1. The summed E-state index contributed by atoms with van der Waals surface area (Å²) in [5, 5.41) is 0. The van der Waals surface area contributed by atoms with Crippen molar-refractivity contribution in [1.82, 2.24) is 0 Å². The van der Waals surface area contributed by atoms with Crippen LogP contribution in [-0.4, -0.2) is 32.0 Å². The van der Waals surface area contributed by atoms with E-state index in [0.29, 0.717) is 6.42 Å². The molecule has 2 atom stereocenters. The van der Waals surface area contributed by atoms with Gasteiger partial charge in [0, 0.05) is 12.3 Å². The van der Waals surface area contributed by atoms with E-state index < -0.39 is 15.9 Å². The van der Waals surface area contributed by atoms with Crippen LogP contribution in [0.4, 0.5) is 0 Å². The van der Waals surface area contributed by atoms with E-state index >= 15 is 0 Å². The molecule has 1 aromatic carbocycles. The molecular weight excluding hydrogens is 264 g/mol. The topological polar surface area (TPSA) is 60.4 Å². The Labute approximate surface area is 113 Å². The van der Waals surface area contributed by atoms with Crippen LogP contribution in [0, 0.1) is 5.92 Å². The van der Waals surface area contributed by atoms with Gasteiger partial charge in [-0.05, 0) is 12.0 Å². The van der Waals surface area contributed by atoms with Crippen LogP contribution < -0.4 is 0 Å². The summed E-state index contributed by atoms with van der Waals surface area (Å²) < 4.78 is 28.1. The SMILES string of the molecule is C[C@@H]1CS(=O)(=O)C[C@H]1OC(=O)CCc1ccccc1. The van der Waals surface area contributed by atoms with Gasteiger partial charge in [-0.25, -0.2) is 8.42 Å². The van der Waals surface area contributed by atoms with Crippen molar-refractivity contribution >= 4 is 15.8 Å². The molecule has 0 amide bonds. The van der Waals surface area contributed by atoms with E-state index in [-0.39, 0.29) is 29.8 Å². The predicted octanol–water partition coefficient (Wildman–Crippen LogP) is 1.60. The molecule has 4 nitrogen and oxygen atoms in total. The molecule has 1 fully saturated rings. The maximum absolute atomic E-state index is 11.7. The van der Waals surface area contributed by atoms with Crippen LogP contribution in [0.3, 0.4) is 0 Å². The number of benzene rings is 1. The molecule has 0 radical (unpaired) electrons. The first kappa shape index (κ1) is 14.1. The molecule has 1 aromatic rings. The largest absolute Gasteiger partial charge is 0.461 e. The fourth-order valence-corrected chi connectivity index (χ4v) is 4.31. The van der Waals surface area contributed by atoms with Crippen molar-refractivity contribution in [1.29, 1.82) is 0 Å². The van der Waals surface area contributed by atoms with Gasteiger partial charge in [0.05, 0.1) is 11.5 Å². The molecule has 0 spiro atoms. The van der Waals surface area contributed by atoms with Crippen molar-refractivity contribution in [3.8, 4) is 0 Å². The fraction of sp³-hybridized carbons (Fsp3) is 0.500. The quantitative estimate of drug-likeness (QED) is 0.787. The van der Waals surface area contributed by atoms with Crippen LogP contribution in [-0.2, 0) is 25.8 Å². The predicted molar refractivity (Wildman–Crippen MR) is 72.5 cm³/mol. The highest BCUT2D eigenvalue weighted by molar-refractivity contribution is 7.91. The zero-order chi connectivity index (χ0) is 13.9. The van der Waals surface area contributed by atoms with E-state index in [2.05, 4.69) is 0 Å². The molecule has 1 aliphatic heterocycles. The molecule has 5 heteroatoms. The maximum atomic E-state index is 11.7. The van der Waals surface area contributed by atoms with Crippen LogP contribution in [0.2, 0.25) is 0 Å². The highest BCUT2D eigenvalue weighted by Crippen LogP contribution is 2.22. The van der Waals surface area contributed by atoms with Gasteiger partial charge in [0.25, 0.3) is 0 Å². The lowest BCUT2D eigenvalue weighted by atomic mass is 10.1. The van der Waals surface area contributed by atoms with Gasteiger partial charge in [-0.2, -0.15) is 0 Å². The van der Waals surface area contributed by atoms with E-state index in [4.69, 9.17) is 4.74 Å². The molecule has 19 heavy (non-hydrogen) atoms. The van der Waals surface area contributed by atoms with Gasteiger partial charge in [0.15, 0.2) is 9.84 Å². The van der Waals surface area contributed by atoms with Gasteiger partial charge in [-0.3, -0.25) is 4.79 Å². The molecular formula is C14H18O4S. The highest BCUT2D eigenvalue weighted by Gasteiger charge is 2.37. The molecule has 0 N–H and O–H groups in total. The van der Waals surface area contributed by atoms with Gasteiger partial charge in [0.1, 0.15) is 6.10 Å². The third-order valence-corrected chi connectivity index (χ3v) is 5.18. The van der Waals surface area contributed by atoms with Gasteiger partial charge < -0.3 is 4.74 Å². The van der Waals surface area contributed by atoms with Crippen molar-refractivity contribution in [2.24, 2.45) is 5.92 Å². The minimum atomic E-state index is -3.03. The second-order valence-corrected chi connectivity index (χ2v) is 7.22. The standard InChI is InChI=1S/C14H18O4S/c1-11-9-19(16,17)10-13(11)18-14(15)8-7-12-5-3-2-4-6-12/h2-6,11,13H,7-10H2,1H3/t11-,13-/m1/s1. The highest BCUT2D eigenvalue weighted by atomic mass is 32.2. The average Bonchev–Trinajstić information content (AvgIpc) is 2.61. The van der Waals surface area contributed by atoms with E-state index in [1.54, 1.807) is 6.92 Å². The van der Waals surface area contributed by atoms with E-state index in [9.17, 15) is 13.2 Å². The Hall–Kier alpha value is -1.36. The smallest absolute Gasteiger partial charge is 0.306 e. The molecule has 0 bridgehead atoms. The molecule has 0 aromatic heterocycles. The summed E-state index contributed by atoms with van der Waals surface area (Å²) in [5.74, 6) is -0.349. The number of aryl methyl sites for hydroxylation is 1. The summed E-state index contributed by atoms with van der Waals surface area (Å²) >= 11 is 0. The second-order valence-electron chi connectivity index (χ2n) is 5.07. The third kappa shape index (κ3) is 4.06. The first-order valence-electron chi connectivity index (χ1n) is 6.40. The van der Waals surface area contributed by atoms with Crippen LogP contribution in [0.1, 0.15) is 18.9 Å². The zero-order valence-corrected chi connectivity index (χ0v) is 11.7. The fourth-order valence-electron chi connectivity index (χ4n) is 2.26. The number of esters is 1. The van der Waals surface area contributed by atoms with Crippen molar-refractivity contribution in [2.45, 2.75) is 25.9 Å². The molecule has 0 unspecified atom stereocenters. The molecule has 104 valence electrons. The summed E-state index contributed by atoms with van der Waals surface area (Å²) in [7, 11) is -3.03. The average molecular weight is 282 g/mol. The molecule has 2 rings (SSSR count).